The first-order chi connectivity index (χ1) is 18.0. The second-order valence-electron chi connectivity index (χ2n) is 11.4. The van der Waals surface area contributed by atoms with Crippen molar-refractivity contribution in [2.24, 2.45) is 23.2 Å². The number of H-pyrrole nitrogens is 1. The highest BCUT2D eigenvalue weighted by Crippen LogP contribution is 2.60. The van der Waals surface area contributed by atoms with Gasteiger partial charge in [0.1, 0.15) is 0 Å². The summed E-state index contributed by atoms with van der Waals surface area (Å²) in [6, 6.07) is 19.4. The molecule has 4 saturated carbocycles. The van der Waals surface area contributed by atoms with E-state index in [4.69, 9.17) is 0 Å². The normalized spacial score (nSPS) is 25.8. The van der Waals surface area contributed by atoms with Crippen LogP contribution in [-0.4, -0.2) is 21.8 Å². The minimum atomic E-state index is -0.163. The molecule has 37 heavy (non-hydrogen) atoms. The molecule has 2 heterocycles. The van der Waals surface area contributed by atoms with Crippen LogP contribution in [0.1, 0.15) is 48.9 Å². The lowest BCUT2D eigenvalue weighted by Gasteiger charge is -2.55. The Morgan fingerprint density at radius 3 is 2.11 bits per heavy atom. The van der Waals surface area contributed by atoms with E-state index in [-0.39, 0.29) is 17.2 Å². The van der Waals surface area contributed by atoms with Crippen LogP contribution >= 0.6 is 0 Å². The van der Waals surface area contributed by atoms with E-state index in [1.165, 1.54) is 19.3 Å². The lowest BCUT2D eigenvalue weighted by atomic mass is 9.49. The number of pyridine rings is 1. The average Bonchev–Trinajstić information content (AvgIpc) is 3.32. The minimum Gasteiger partial charge on any atom is -0.355 e. The SMILES string of the molecule is O=C(Nc1ccc(-c2cc3cc(NC(=O)C45CC6CC(CC(C6)C4)C5)ccc3[nH]2)cc1)c1ccncc1. The molecule has 0 saturated heterocycles. The highest BCUT2D eigenvalue weighted by molar-refractivity contribution is 6.04. The summed E-state index contributed by atoms with van der Waals surface area (Å²) in [7, 11) is 0. The molecule has 0 unspecified atom stereocenters. The lowest BCUT2D eigenvalue weighted by molar-refractivity contribution is -0.140. The van der Waals surface area contributed by atoms with Gasteiger partial charge < -0.3 is 15.6 Å². The van der Waals surface area contributed by atoms with Crippen LogP contribution in [0.5, 0.6) is 0 Å². The first-order valence-electron chi connectivity index (χ1n) is 13.3. The van der Waals surface area contributed by atoms with E-state index < -0.39 is 0 Å². The first kappa shape index (κ1) is 22.3. The van der Waals surface area contributed by atoms with Gasteiger partial charge in [-0.25, -0.2) is 0 Å². The third kappa shape index (κ3) is 4.10. The maximum atomic E-state index is 13.5. The Morgan fingerprint density at radius 1 is 0.784 bits per heavy atom. The summed E-state index contributed by atoms with van der Waals surface area (Å²) in [4.78, 5) is 33.3. The van der Waals surface area contributed by atoms with E-state index in [9.17, 15) is 9.59 Å². The zero-order valence-corrected chi connectivity index (χ0v) is 20.7. The Kier molecular flexibility index (Phi) is 5.17. The lowest BCUT2D eigenvalue weighted by Crippen LogP contribution is -2.51. The first-order valence-corrected chi connectivity index (χ1v) is 13.3. The summed E-state index contributed by atoms with van der Waals surface area (Å²) in [5, 5.41) is 7.26. The number of hydrogen-bond acceptors (Lipinski definition) is 3. The summed E-state index contributed by atoms with van der Waals surface area (Å²) >= 11 is 0. The van der Waals surface area contributed by atoms with E-state index in [1.807, 2.05) is 36.4 Å². The molecule has 0 spiro atoms. The van der Waals surface area contributed by atoms with Crippen LogP contribution in [0, 0.1) is 23.2 Å². The quantitative estimate of drug-likeness (QED) is 0.293. The molecule has 4 fully saturated rings. The molecule has 8 rings (SSSR count). The van der Waals surface area contributed by atoms with E-state index in [0.29, 0.717) is 5.56 Å². The summed E-state index contributed by atoms with van der Waals surface area (Å²) in [5.41, 5.74) is 5.06. The largest absolute Gasteiger partial charge is 0.355 e. The van der Waals surface area contributed by atoms with Crippen molar-refractivity contribution in [2.75, 3.05) is 10.6 Å². The number of benzene rings is 2. The average molecular weight is 491 g/mol. The molecule has 186 valence electrons. The Bertz CT molecular complexity index is 1450. The number of hydrogen-bond donors (Lipinski definition) is 3. The molecule has 2 aromatic heterocycles. The van der Waals surface area contributed by atoms with Crippen LogP contribution in [0.25, 0.3) is 22.2 Å². The Labute approximate surface area is 215 Å². The molecular weight excluding hydrogens is 460 g/mol. The van der Waals surface area contributed by atoms with E-state index in [2.05, 4.69) is 32.7 Å². The minimum absolute atomic E-state index is 0.151. The fraction of sp³-hybridized carbons (Fsp3) is 0.323. The number of nitrogens with zero attached hydrogens (tertiary/aromatic N) is 1. The van der Waals surface area contributed by atoms with Gasteiger partial charge in [-0.05, 0) is 110 Å². The van der Waals surface area contributed by atoms with Crippen LogP contribution in [0.3, 0.4) is 0 Å². The summed E-state index contributed by atoms with van der Waals surface area (Å²) < 4.78 is 0. The smallest absolute Gasteiger partial charge is 0.255 e. The zero-order valence-electron chi connectivity index (χ0n) is 20.7. The number of fused-ring (bicyclic) bond motifs is 1. The van der Waals surface area contributed by atoms with E-state index in [0.717, 1.165) is 70.6 Å². The van der Waals surface area contributed by atoms with Crippen LogP contribution < -0.4 is 10.6 Å². The van der Waals surface area contributed by atoms with Gasteiger partial charge in [0.15, 0.2) is 0 Å². The van der Waals surface area contributed by atoms with Crippen LogP contribution in [-0.2, 0) is 4.79 Å². The van der Waals surface area contributed by atoms with Gasteiger partial charge in [0.25, 0.3) is 5.91 Å². The highest BCUT2D eigenvalue weighted by Gasteiger charge is 2.54. The van der Waals surface area contributed by atoms with Gasteiger partial charge in [-0.3, -0.25) is 14.6 Å². The number of aromatic amines is 1. The molecule has 3 N–H and O–H groups in total. The molecule has 0 radical (unpaired) electrons. The zero-order chi connectivity index (χ0) is 25.0. The molecule has 0 aliphatic heterocycles. The molecular formula is C31H30N4O2. The molecule has 2 aromatic carbocycles. The molecule has 2 amide bonds. The standard InChI is InChI=1S/C31H30N4O2/c36-29(23-7-9-32-10-8-23)33-25-3-1-22(2-4-25)28-15-24-14-26(5-6-27(24)35-28)34-30(37)31-16-19-11-20(17-31)13-21(12-19)18-31/h1-10,14-15,19-21,35H,11-13,16-18H2,(H,33,36)(H,34,37). The van der Waals surface area contributed by atoms with Crippen molar-refractivity contribution in [3.8, 4) is 11.3 Å². The maximum Gasteiger partial charge on any atom is 0.255 e. The number of amides is 2. The molecule has 6 heteroatoms. The van der Waals surface area contributed by atoms with Gasteiger partial charge in [0.05, 0.1) is 5.41 Å². The number of anilines is 2. The summed E-state index contributed by atoms with van der Waals surface area (Å²) in [6.07, 6.45) is 10.4. The third-order valence-corrected chi connectivity index (χ3v) is 8.79. The van der Waals surface area contributed by atoms with Crippen molar-refractivity contribution in [1.82, 2.24) is 9.97 Å². The summed E-state index contributed by atoms with van der Waals surface area (Å²) in [5.74, 6) is 2.32. The van der Waals surface area contributed by atoms with Crippen LogP contribution in [0.2, 0.25) is 0 Å². The van der Waals surface area contributed by atoms with Crippen LogP contribution in [0.15, 0.2) is 73.1 Å². The van der Waals surface area contributed by atoms with E-state index in [1.54, 1.807) is 24.5 Å². The molecule has 6 nitrogen and oxygen atoms in total. The predicted octanol–water partition coefficient (Wildman–Crippen LogP) is 6.64. The molecule has 4 aliphatic carbocycles. The highest BCUT2D eigenvalue weighted by atomic mass is 16.2. The third-order valence-electron chi connectivity index (χ3n) is 8.79. The number of carbonyl (C=O) groups is 2. The Balaban J connectivity index is 1.06. The number of nitrogens with one attached hydrogen (secondary N) is 3. The number of rotatable bonds is 5. The van der Waals surface area contributed by atoms with Crippen molar-refractivity contribution < 1.29 is 9.59 Å². The van der Waals surface area contributed by atoms with Gasteiger partial charge in [0.2, 0.25) is 5.91 Å². The fourth-order valence-corrected chi connectivity index (χ4v) is 7.46. The van der Waals surface area contributed by atoms with Crippen molar-refractivity contribution in [2.45, 2.75) is 38.5 Å². The molecule has 4 aliphatic rings. The number of aromatic nitrogens is 2. The fourth-order valence-electron chi connectivity index (χ4n) is 7.46. The predicted molar refractivity (Wildman–Crippen MR) is 145 cm³/mol. The van der Waals surface area contributed by atoms with Crippen molar-refractivity contribution >= 4 is 34.1 Å². The topological polar surface area (TPSA) is 86.9 Å². The van der Waals surface area contributed by atoms with Gasteiger partial charge in [-0.15, -0.1) is 0 Å². The summed E-state index contributed by atoms with van der Waals surface area (Å²) in [6.45, 7) is 0. The molecule has 4 bridgehead atoms. The van der Waals surface area contributed by atoms with Crippen LogP contribution in [0.4, 0.5) is 11.4 Å². The van der Waals surface area contributed by atoms with Gasteiger partial charge in [-0.1, -0.05) is 12.1 Å². The van der Waals surface area contributed by atoms with Gasteiger partial charge >= 0.3 is 0 Å². The Hall–Kier alpha value is -3.93. The second kappa shape index (κ2) is 8.58. The van der Waals surface area contributed by atoms with Gasteiger partial charge in [0, 0.05) is 45.9 Å². The maximum absolute atomic E-state index is 13.5. The second-order valence-corrected chi connectivity index (χ2v) is 11.4. The van der Waals surface area contributed by atoms with Crippen molar-refractivity contribution in [3.05, 3.63) is 78.6 Å². The van der Waals surface area contributed by atoms with Gasteiger partial charge in [-0.2, -0.15) is 0 Å². The van der Waals surface area contributed by atoms with Crippen molar-refractivity contribution in [3.63, 3.8) is 0 Å². The molecule has 4 aromatic rings. The van der Waals surface area contributed by atoms with Crippen molar-refractivity contribution in [1.29, 1.82) is 0 Å². The number of carbonyl (C=O) groups excluding carboxylic acids is 2. The molecule has 0 atom stereocenters. The Morgan fingerprint density at radius 2 is 1.43 bits per heavy atom. The van der Waals surface area contributed by atoms with E-state index >= 15 is 0 Å². The monoisotopic (exact) mass is 490 g/mol.